The Bertz CT molecular complexity index is 710. The lowest BCUT2D eigenvalue weighted by molar-refractivity contribution is -0.146. The van der Waals surface area contributed by atoms with Gasteiger partial charge in [-0.05, 0) is 24.3 Å². The summed E-state index contributed by atoms with van der Waals surface area (Å²) in [6, 6.07) is 12.3. The fourth-order valence-electron chi connectivity index (χ4n) is 1.76. The van der Waals surface area contributed by atoms with Crippen LogP contribution in [0.2, 0.25) is 0 Å². The topological polar surface area (TPSA) is 55.4 Å². The zero-order valence-electron chi connectivity index (χ0n) is 12.6. The zero-order valence-corrected chi connectivity index (χ0v) is 13.4. The molecule has 1 amide bonds. The molecule has 4 nitrogen and oxygen atoms in total. The molecule has 2 aromatic rings. The number of amides is 1. The first-order valence-electron chi connectivity index (χ1n) is 7.13. The maximum Gasteiger partial charge on any atom is 0.307 e. The molecule has 24 heavy (non-hydrogen) atoms. The summed E-state index contributed by atoms with van der Waals surface area (Å²) in [5.74, 6) is -2.32. The Morgan fingerprint density at radius 3 is 2.54 bits per heavy atom. The molecule has 0 spiro atoms. The van der Waals surface area contributed by atoms with Crippen LogP contribution in [-0.2, 0) is 14.3 Å². The summed E-state index contributed by atoms with van der Waals surface area (Å²) < 4.78 is 30.9. The van der Waals surface area contributed by atoms with Gasteiger partial charge in [0.05, 0.1) is 12.1 Å². The molecular formula is C17H15F2NO3S. The van der Waals surface area contributed by atoms with Crippen molar-refractivity contribution >= 4 is 29.3 Å². The highest BCUT2D eigenvalue weighted by Gasteiger charge is 2.11. The van der Waals surface area contributed by atoms with Crippen LogP contribution in [0.4, 0.5) is 14.5 Å². The van der Waals surface area contributed by atoms with Gasteiger partial charge in [-0.25, -0.2) is 8.78 Å². The third kappa shape index (κ3) is 6.00. The zero-order chi connectivity index (χ0) is 17.4. The number of halogens is 2. The van der Waals surface area contributed by atoms with Gasteiger partial charge in [0, 0.05) is 16.7 Å². The molecule has 0 aliphatic rings. The molecule has 0 bridgehead atoms. The van der Waals surface area contributed by atoms with Crippen molar-refractivity contribution in [1.82, 2.24) is 0 Å². The summed E-state index contributed by atoms with van der Waals surface area (Å²) in [6.45, 7) is -0.522. The van der Waals surface area contributed by atoms with Gasteiger partial charge < -0.3 is 10.1 Å². The molecule has 2 rings (SSSR count). The molecule has 126 valence electrons. The van der Waals surface area contributed by atoms with Crippen molar-refractivity contribution in [3.8, 4) is 0 Å². The van der Waals surface area contributed by atoms with E-state index in [1.54, 1.807) is 0 Å². The SMILES string of the molecule is O=C(COC(=O)CCSc1ccccc1)Nc1ccc(F)cc1F. The Labute approximate surface area is 142 Å². The summed E-state index contributed by atoms with van der Waals surface area (Å²) in [5, 5.41) is 2.21. The lowest BCUT2D eigenvalue weighted by Gasteiger charge is -2.07. The molecule has 0 unspecified atom stereocenters. The first-order chi connectivity index (χ1) is 11.5. The molecule has 0 aromatic heterocycles. The van der Waals surface area contributed by atoms with Crippen molar-refractivity contribution < 1.29 is 23.1 Å². The van der Waals surface area contributed by atoms with E-state index in [9.17, 15) is 18.4 Å². The number of ether oxygens (including phenoxy) is 1. The Hall–Kier alpha value is -2.41. The van der Waals surface area contributed by atoms with Crippen LogP contribution in [-0.4, -0.2) is 24.2 Å². The summed E-state index contributed by atoms with van der Waals surface area (Å²) >= 11 is 1.50. The minimum absolute atomic E-state index is 0.151. The van der Waals surface area contributed by atoms with Gasteiger partial charge in [0.25, 0.3) is 5.91 Å². The van der Waals surface area contributed by atoms with Crippen LogP contribution < -0.4 is 5.32 Å². The number of nitrogens with one attached hydrogen (secondary N) is 1. The van der Waals surface area contributed by atoms with Crippen molar-refractivity contribution in [3.05, 3.63) is 60.2 Å². The maximum absolute atomic E-state index is 13.4. The Morgan fingerprint density at radius 1 is 1.08 bits per heavy atom. The van der Waals surface area contributed by atoms with E-state index in [1.807, 2.05) is 30.3 Å². The molecule has 0 aliphatic carbocycles. The number of thioether (sulfide) groups is 1. The molecule has 0 fully saturated rings. The largest absolute Gasteiger partial charge is 0.456 e. The van der Waals surface area contributed by atoms with Gasteiger partial charge in [-0.1, -0.05) is 18.2 Å². The van der Waals surface area contributed by atoms with E-state index >= 15 is 0 Å². The standard InChI is InChI=1S/C17H15F2NO3S/c18-12-6-7-15(14(19)10-12)20-16(21)11-23-17(22)8-9-24-13-4-2-1-3-5-13/h1-7,10H,8-9,11H2,(H,20,21). The number of rotatable bonds is 7. The Balaban J connectivity index is 1.68. The highest BCUT2D eigenvalue weighted by atomic mass is 32.2. The van der Waals surface area contributed by atoms with Gasteiger partial charge in [-0.3, -0.25) is 9.59 Å². The molecule has 0 aliphatic heterocycles. The number of carbonyl (C=O) groups excluding carboxylic acids is 2. The molecule has 0 atom stereocenters. The first-order valence-corrected chi connectivity index (χ1v) is 8.11. The predicted octanol–water partition coefficient (Wildman–Crippen LogP) is 3.63. The highest BCUT2D eigenvalue weighted by Crippen LogP contribution is 2.18. The van der Waals surface area contributed by atoms with Crippen molar-refractivity contribution in [1.29, 1.82) is 0 Å². The van der Waals surface area contributed by atoms with Crippen LogP contribution in [0, 0.1) is 11.6 Å². The van der Waals surface area contributed by atoms with Crippen molar-refractivity contribution in [2.75, 3.05) is 17.7 Å². The summed E-state index contributed by atoms with van der Waals surface area (Å²) in [7, 11) is 0. The van der Waals surface area contributed by atoms with Gasteiger partial charge in [-0.15, -0.1) is 11.8 Å². The average Bonchev–Trinajstić information content (AvgIpc) is 2.56. The van der Waals surface area contributed by atoms with E-state index in [0.29, 0.717) is 11.8 Å². The smallest absolute Gasteiger partial charge is 0.307 e. The third-order valence-electron chi connectivity index (χ3n) is 2.89. The fraction of sp³-hybridized carbons (Fsp3) is 0.176. The van der Waals surface area contributed by atoms with Gasteiger partial charge in [0.2, 0.25) is 0 Å². The normalized spacial score (nSPS) is 10.2. The third-order valence-corrected chi connectivity index (χ3v) is 3.90. The van der Waals surface area contributed by atoms with Crippen LogP contribution in [0.25, 0.3) is 0 Å². The van der Waals surface area contributed by atoms with Gasteiger partial charge in [-0.2, -0.15) is 0 Å². The van der Waals surface area contributed by atoms with Gasteiger partial charge in [0.15, 0.2) is 6.61 Å². The molecular weight excluding hydrogens is 336 g/mol. The van der Waals surface area contributed by atoms with Crippen LogP contribution >= 0.6 is 11.8 Å². The highest BCUT2D eigenvalue weighted by molar-refractivity contribution is 7.99. The number of anilines is 1. The number of benzene rings is 2. The minimum atomic E-state index is -0.895. The molecule has 0 radical (unpaired) electrons. The molecule has 7 heteroatoms. The molecule has 1 N–H and O–H groups in total. The second-order valence-corrected chi connectivity index (χ2v) is 5.91. The molecule has 2 aromatic carbocycles. The predicted molar refractivity (Wildman–Crippen MR) is 87.7 cm³/mol. The van der Waals surface area contributed by atoms with Gasteiger partial charge in [0.1, 0.15) is 11.6 Å². The quantitative estimate of drug-likeness (QED) is 0.611. The summed E-state index contributed by atoms with van der Waals surface area (Å²) in [5.41, 5.74) is -0.169. The second kappa shape index (κ2) is 9.02. The number of hydrogen-bond acceptors (Lipinski definition) is 4. The molecule has 0 saturated heterocycles. The number of esters is 1. The van der Waals surface area contributed by atoms with E-state index < -0.39 is 30.1 Å². The number of carbonyl (C=O) groups is 2. The summed E-state index contributed by atoms with van der Waals surface area (Å²) in [6.07, 6.45) is 0.151. The van der Waals surface area contributed by atoms with E-state index in [1.165, 1.54) is 11.8 Å². The lowest BCUT2D eigenvalue weighted by Crippen LogP contribution is -2.21. The minimum Gasteiger partial charge on any atom is -0.456 e. The van der Waals surface area contributed by atoms with E-state index in [0.717, 1.165) is 17.0 Å². The Morgan fingerprint density at radius 2 is 1.83 bits per heavy atom. The lowest BCUT2D eigenvalue weighted by atomic mass is 10.3. The maximum atomic E-state index is 13.4. The van der Waals surface area contributed by atoms with Crippen LogP contribution in [0.15, 0.2) is 53.4 Å². The van der Waals surface area contributed by atoms with Crippen molar-refractivity contribution in [2.45, 2.75) is 11.3 Å². The number of hydrogen-bond donors (Lipinski definition) is 1. The Kier molecular flexibility index (Phi) is 6.74. The first kappa shape index (κ1) is 17.9. The van der Waals surface area contributed by atoms with Gasteiger partial charge >= 0.3 is 5.97 Å². The van der Waals surface area contributed by atoms with Crippen LogP contribution in [0.3, 0.4) is 0 Å². The monoisotopic (exact) mass is 351 g/mol. The second-order valence-electron chi connectivity index (χ2n) is 4.74. The van der Waals surface area contributed by atoms with Crippen LogP contribution in [0.5, 0.6) is 0 Å². The van der Waals surface area contributed by atoms with Crippen LogP contribution in [0.1, 0.15) is 6.42 Å². The van der Waals surface area contributed by atoms with Crippen molar-refractivity contribution in [3.63, 3.8) is 0 Å². The van der Waals surface area contributed by atoms with E-state index in [-0.39, 0.29) is 12.1 Å². The molecule has 0 heterocycles. The van der Waals surface area contributed by atoms with Crippen molar-refractivity contribution in [2.24, 2.45) is 0 Å². The fourth-order valence-corrected chi connectivity index (χ4v) is 2.62. The molecule has 0 saturated carbocycles. The van der Waals surface area contributed by atoms with E-state index in [4.69, 9.17) is 4.74 Å². The summed E-state index contributed by atoms with van der Waals surface area (Å²) in [4.78, 5) is 24.2. The average molecular weight is 351 g/mol. The van der Waals surface area contributed by atoms with E-state index in [2.05, 4.69) is 5.32 Å².